The van der Waals surface area contributed by atoms with Crippen LogP contribution < -0.4 is 10.8 Å². The minimum atomic E-state index is -3.13. The normalized spacial score (nSPS) is 18.5. The zero-order valence-electron chi connectivity index (χ0n) is 15.0. The van der Waals surface area contributed by atoms with Gasteiger partial charge in [0.1, 0.15) is 5.82 Å². The molecule has 0 atom stereocenters. The maximum absolute atomic E-state index is 13.4. The standard InChI is InChI=1S/C16H18BrFN6O4S/c17-12-5-10(1-4-13(12)18)20-16(21-25)14-15(23-28-22-14)19-6-9-7-24(8-9)29(26,27)11-2-3-11/h1,4-5,9,11,25H,2-3,6-8H2,(H,19,23)(H,20,21). The average molecular weight is 489 g/mol. The van der Waals surface area contributed by atoms with Crippen molar-refractivity contribution in [3.63, 3.8) is 0 Å². The number of hydrogen-bond acceptors (Lipinski definition) is 8. The van der Waals surface area contributed by atoms with Gasteiger partial charge in [0.15, 0.2) is 11.5 Å². The van der Waals surface area contributed by atoms with E-state index in [1.807, 2.05) is 5.48 Å². The molecule has 0 radical (unpaired) electrons. The first-order valence-electron chi connectivity index (χ1n) is 8.88. The Hall–Kier alpha value is -2.09. The number of sulfonamides is 1. The number of hydrogen-bond donors (Lipinski definition) is 3. The van der Waals surface area contributed by atoms with Crippen molar-refractivity contribution in [1.29, 1.82) is 0 Å². The summed E-state index contributed by atoms with van der Waals surface area (Å²) in [6.07, 6.45) is 1.49. The summed E-state index contributed by atoms with van der Waals surface area (Å²) in [7, 11) is -3.13. The van der Waals surface area contributed by atoms with E-state index >= 15 is 0 Å². The van der Waals surface area contributed by atoms with Crippen LogP contribution in [0.25, 0.3) is 0 Å². The lowest BCUT2D eigenvalue weighted by Gasteiger charge is -2.38. The fraction of sp³-hybridized carbons (Fsp3) is 0.438. The predicted molar refractivity (Wildman–Crippen MR) is 105 cm³/mol. The minimum absolute atomic E-state index is 0.0428. The fourth-order valence-corrected chi connectivity index (χ4v) is 5.31. The first-order chi connectivity index (χ1) is 13.9. The summed E-state index contributed by atoms with van der Waals surface area (Å²) in [5.74, 6) is -0.108. The van der Waals surface area contributed by atoms with E-state index in [0.717, 1.165) is 12.8 Å². The summed E-state index contributed by atoms with van der Waals surface area (Å²) in [4.78, 5) is 4.18. The van der Waals surface area contributed by atoms with Crippen LogP contribution in [0.15, 0.2) is 32.3 Å². The number of nitrogens with one attached hydrogen (secondary N) is 2. The van der Waals surface area contributed by atoms with Crippen molar-refractivity contribution in [2.24, 2.45) is 10.9 Å². The van der Waals surface area contributed by atoms with E-state index in [2.05, 4.69) is 36.6 Å². The van der Waals surface area contributed by atoms with Gasteiger partial charge in [0.25, 0.3) is 0 Å². The van der Waals surface area contributed by atoms with Gasteiger partial charge in [-0.25, -0.2) is 26.7 Å². The summed E-state index contributed by atoms with van der Waals surface area (Å²) in [6.45, 7) is 1.36. The number of rotatable bonds is 7. The molecule has 2 heterocycles. The number of hydroxylamine groups is 1. The lowest BCUT2D eigenvalue weighted by Crippen LogP contribution is -2.53. The molecule has 10 nitrogen and oxygen atoms in total. The van der Waals surface area contributed by atoms with Crippen molar-refractivity contribution in [2.75, 3.05) is 25.0 Å². The van der Waals surface area contributed by atoms with Crippen molar-refractivity contribution in [1.82, 2.24) is 20.1 Å². The molecule has 0 unspecified atom stereocenters. The smallest absolute Gasteiger partial charge is 0.217 e. The number of amidine groups is 1. The lowest BCUT2D eigenvalue weighted by atomic mass is 10.0. The van der Waals surface area contributed by atoms with Gasteiger partial charge in [-0.15, -0.1) is 0 Å². The molecular weight excluding hydrogens is 471 g/mol. The highest BCUT2D eigenvalue weighted by Crippen LogP contribution is 2.34. The number of nitrogens with zero attached hydrogens (tertiary/aromatic N) is 4. The maximum Gasteiger partial charge on any atom is 0.217 e. The third kappa shape index (κ3) is 4.27. The monoisotopic (exact) mass is 488 g/mol. The van der Waals surface area contributed by atoms with E-state index < -0.39 is 15.8 Å². The summed E-state index contributed by atoms with van der Waals surface area (Å²) in [6, 6.07) is 4.11. The van der Waals surface area contributed by atoms with Gasteiger partial charge in [-0.2, -0.15) is 0 Å². The van der Waals surface area contributed by atoms with Crippen LogP contribution >= 0.6 is 15.9 Å². The van der Waals surface area contributed by atoms with Gasteiger partial charge in [0, 0.05) is 25.6 Å². The van der Waals surface area contributed by atoms with Gasteiger partial charge in [-0.05, 0) is 57.3 Å². The molecule has 4 rings (SSSR count). The number of aromatic nitrogens is 2. The zero-order valence-corrected chi connectivity index (χ0v) is 17.4. The summed E-state index contributed by atoms with van der Waals surface area (Å²) < 4.78 is 44.1. The first kappa shape index (κ1) is 20.2. The minimum Gasteiger partial charge on any atom is -0.365 e. The highest BCUT2D eigenvalue weighted by molar-refractivity contribution is 9.10. The lowest BCUT2D eigenvalue weighted by molar-refractivity contribution is 0.211. The molecule has 3 N–H and O–H groups in total. The Morgan fingerprint density at radius 2 is 2.14 bits per heavy atom. The Bertz CT molecular complexity index is 1040. The summed E-state index contributed by atoms with van der Waals surface area (Å²) >= 11 is 3.07. The second kappa shape index (κ2) is 7.97. The van der Waals surface area contributed by atoms with Crippen LogP contribution in [0.3, 0.4) is 0 Å². The molecule has 2 aromatic rings. The Kier molecular flexibility index (Phi) is 5.55. The Morgan fingerprint density at radius 1 is 1.38 bits per heavy atom. The van der Waals surface area contributed by atoms with Crippen LogP contribution in [0.2, 0.25) is 0 Å². The molecule has 1 saturated heterocycles. The van der Waals surface area contributed by atoms with Gasteiger partial charge in [-0.3, -0.25) is 10.7 Å². The van der Waals surface area contributed by atoms with Crippen molar-refractivity contribution in [3.05, 3.63) is 34.2 Å². The molecule has 2 fully saturated rings. The van der Waals surface area contributed by atoms with Crippen LogP contribution in [0.4, 0.5) is 15.9 Å². The molecule has 0 bridgehead atoms. The SMILES string of the molecule is O=S(=O)(C1CC1)N1CC(CNc2nonc2C(=Nc2ccc(F)c(Br)c2)NO)C1. The van der Waals surface area contributed by atoms with E-state index in [1.54, 1.807) is 0 Å². The number of benzene rings is 1. The van der Waals surface area contributed by atoms with Crippen LogP contribution in [0, 0.1) is 11.7 Å². The quantitative estimate of drug-likeness (QED) is 0.305. The number of halogens is 2. The number of anilines is 1. The molecule has 1 aliphatic carbocycles. The van der Waals surface area contributed by atoms with Gasteiger partial charge >= 0.3 is 0 Å². The molecule has 2 aliphatic rings. The van der Waals surface area contributed by atoms with Gasteiger partial charge in [0.2, 0.25) is 15.8 Å². The van der Waals surface area contributed by atoms with Gasteiger partial charge in [0.05, 0.1) is 15.4 Å². The molecule has 13 heteroatoms. The van der Waals surface area contributed by atoms with Crippen molar-refractivity contribution in [3.8, 4) is 0 Å². The summed E-state index contributed by atoms with van der Waals surface area (Å²) in [5, 5.41) is 19.8. The van der Waals surface area contributed by atoms with Gasteiger partial charge in [-0.1, -0.05) is 0 Å². The third-order valence-corrected chi connectivity index (χ3v) is 7.69. The molecule has 0 spiro atoms. The van der Waals surface area contributed by atoms with E-state index in [4.69, 9.17) is 4.63 Å². The van der Waals surface area contributed by atoms with E-state index in [9.17, 15) is 18.0 Å². The van der Waals surface area contributed by atoms with E-state index in [0.29, 0.717) is 25.3 Å². The molecule has 1 aromatic heterocycles. The van der Waals surface area contributed by atoms with Crippen LogP contribution in [-0.4, -0.2) is 59.0 Å². The maximum atomic E-state index is 13.4. The molecule has 29 heavy (non-hydrogen) atoms. The van der Waals surface area contributed by atoms with Gasteiger partial charge < -0.3 is 5.32 Å². The molecule has 1 aliphatic heterocycles. The van der Waals surface area contributed by atoms with Crippen molar-refractivity contribution >= 4 is 43.3 Å². The molecule has 1 saturated carbocycles. The molecule has 1 aromatic carbocycles. The first-order valence-corrected chi connectivity index (χ1v) is 11.2. The van der Waals surface area contributed by atoms with Crippen LogP contribution in [-0.2, 0) is 10.0 Å². The second-order valence-corrected chi connectivity index (χ2v) is 10.0. The summed E-state index contributed by atoms with van der Waals surface area (Å²) in [5.41, 5.74) is 2.44. The highest BCUT2D eigenvalue weighted by atomic mass is 79.9. The Labute approximate surface area is 174 Å². The van der Waals surface area contributed by atoms with Crippen molar-refractivity contribution < 1.29 is 22.6 Å². The fourth-order valence-electron chi connectivity index (χ4n) is 2.95. The van der Waals surface area contributed by atoms with E-state index in [1.165, 1.54) is 22.5 Å². The topological polar surface area (TPSA) is 133 Å². The van der Waals surface area contributed by atoms with Crippen LogP contribution in [0.1, 0.15) is 18.5 Å². The predicted octanol–water partition coefficient (Wildman–Crippen LogP) is 1.86. The van der Waals surface area contributed by atoms with E-state index in [-0.39, 0.29) is 33.0 Å². The largest absolute Gasteiger partial charge is 0.365 e. The zero-order chi connectivity index (χ0) is 20.6. The van der Waals surface area contributed by atoms with Crippen molar-refractivity contribution in [2.45, 2.75) is 18.1 Å². The molecule has 0 amide bonds. The molecule has 156 valence electrons. The average Bonchev–Trinajstić information content (AvgIpc) is 3.42. The highest BCUT2D eigenvalue weighted by Gasteiger charge is 2.45. The Morgan fingerprint density at radius 3 is 2.79 bits per heavy atom. The van der Waals surface area contributed by atoms with Crippen LogP contribution in [0.5, 0.6) is 0 Å². The third-order valence-electron chi connectivity index (χ3n) is 4.75. The molecular formula is C16H18BrFN6O4S. The Balaban J connectivity index is 1.40. The number of aliphatic imine (C=N–C) groups is 1. The second-order valence-electron chi connectivity index (χ2n) is 6.94.